The number of hydrogen-bond acceptors (Lipinski definition) is 5. The van der Waals surface area contributed by atoms with Gasteiger partial charge in [0.05, 0.1) is 0 Å². The Morgan fingerprint density at radius 2 is 1.91 bits per heavy atom. The molecule has 2 N–H and O–H groups in total. The van der Waals surface area contributed by atoms with Crippen LogP contribution in [0.25, 0.3) is 11.4 Å². The third-order valence-corrected chi connectivity index (χ3v) is 5.03. The molecular formula is C16H15FN4S2. The molecule has 3 rings (SSSR count). The van der Waals surface area contributed by atoms with Crippen molar-refractivity contribution in [2.45, 2.75) is 15.8 Å². The van der Waals surface area contributed by atoms with Gasteiger partial charge in [0.1, 0.15) is 5.82 Å². The molecule has 1 heterocycles. The Hall–Kier alpha value is -1.99. The Morgan fingerprint density at radius 3 is 2.61 bits per heavy atom. The van der Waals surface area contributed by atoms with Gasteiger partial charge in [-0.1, -0.05) is 36.0 Å². The lowest BCUT2D eigenvalue weighted by Gasteiger charge is -2.04. The molecule has 3 aromatic rings. The highest BCUT2D eigenvalue weighted by Crippen LogP contribution is 2.25. The summed E-state index contributed by atoms with van der Waals surface area (Å²) >= 11 is 3.21. The van der Waals surface area contributed by atoms with E-state index in [4.69, 9.17) is 5.84 Å². The van der Waals surface area contributed by atoms with Crippen molar-refractivity contribution in [3.63, 3.8) is 0 Å². The smallest absolute Gasteiger partial charge is 0.210 e. The SMILES string of the molecule is CSc1ccc(CSc2nnc(-c3cccc(F)c3)n2N)cc1. The van der Waals surface area contributed by atoms with E-state index in [1.807, 2.05) is 0 Å². The van der Waals surface area contributed by atoms with Crippen LogP contribution in [-0.4, -0.2) is 21.1 Å². The Bertz CT molecular complexity index is 802. The molecule has 0 atom stereocenters. The summed E-state index contributed by atoms with van der Waals surface area (Å²) < 4.78 is 14.7. The summed E-state index contributed by atoms with van der Waals surface area (Å²) in [6, 6.07) is 14.5. The van der Waals surface area contributed by atoms with Crippen LogP contribution in [0.2, 0.25) is 0 Å². The molecule has 0 aliphatic rings. The van der Waals surface area contributed by atoms with E-state index in [-0.39, 0.29) is 5.82 Å². The van der Waals surface area contributed by atoms with Crippen molar-refractivity contribution in [3.05, 3.63) is 59.9 Å². The van der Waals surface area contributed by atoms with Crippen LogP contribution < -0.4 is 5.84 Å². The zero-order valence-corrected chi connectivity index (χ0v) is 14.1. The van der Waals surface area contributed by atoms with Gasteiger partial charge in [0.15, 0.2) is 5.82 Å². The number of aromatic nitrogens is 3. The van der Waals surface area contributed by atoms with Crippen LogP contribution in [0.15, 0.2) is 58.6 Å². The van der Waals surface area contributed by atoms with Crippen LogP contribution in [0.1, 0.15) is 5.56 Å². The Labute approximate surface area is 142 Å². The summed E-state index contributed by atoms with van der Waals surface area (Å²) in [6.45, 7) is 0. The van der Waals surface area contributed by atoms with Crippen LogP contribution in [0, 0.1) is 5.82 Å². The van der Waals surface area contributed by atoms with Crippen molar-refractivity contribution < 1.29 is 4.39 Å². The zero-order chi connectivity index (χ0) is 16.2. The molecule has 0 saturated heterocycles. The molecule has 0 fully saturated rings. The van der Waals surface area contributed by atoms with E-state index in [0.717, 1.165) is 5.75 Å². The molecule has 0 aliphatic heterocycles. The third-order valence-electron chi connectivity index (χ3n) is 3.27. The molecule has 1 aromatic heterocycles. The van der Waals surface area contributed by atoms with E-state index >= 15 is 0 Å². The van der Waals surface area contributed by atoms with Crippen LogP contribution in [-0.2, 0) is 5.75 Å². The number of rotatable bonds is 5. The Morgan fingerprint density at radius 1 is 1.13 bits per heavy atom. The van der Waals surface area contributed by atoms with Crippen LogP contribution in [0.5, 0.6) is 0 Å². The summed E-state index contributed by atoms with van der Waals surface area (Å²) in [5.74, 6) is 6.91. The summed E-state index contributed by atoms with van der Waals surface area (Å²) in [4.78, 5) is 1.23. The van der Waals surface area contributed by atoms with Crippen molar-refractivity contribution in [2.24, 2.45) is 0 Å². The quantitative estimate of drug-likeness (QED) is 0.562. The Kier molecular flexibility index (Phi) is 4.88. The fourth-order valence-electron chi connectivity index (χ4n) is 2.07. The van der Waals surface area contributed by atoms with Crippen molar-refractivity contribution in [3.8, 4) is 11.4 Å². The summed E-state index contributed by atoms with van der Waals surface area (Å²) in [5, 5.41) is 8.75. The summed E-state index contributed by atoms with van der Waals surface area (Å²) in [6.07, 6.45) is 2.05. The van der Waals surface area contributed by atoms with Gasteiger partial charge in [0.25, 0.3) is 0 Å². The van der Waals surface area contributed by atoms with E-state index in [1.54, 1.807) is 23.9 Å². The minimum Gasteiger partial charge on any atom is -0.335 e. The van der Waals surface area contributed by atoms with Crippen molar-refractivity contribution in [1.82, 2.24) is 14.9 Å². The molecule has 0 aliphatic carbocycles. The number of halogens is 1. The number of thioether (sulfide) groups is 2. The fraction of sp³-hybridized carbons (Fsp3) is 0.125. The zero-order valence-electron chi connectivity index (χ0n) is 12.4. The second-order valence-electron chi connectivity index (χ2n) is 4.82. The van der Waals surface area contributed by atoms with Gasteiger partial charge < -0.3 is 5.84 Å². The molecule has 0 saturated carbocycles. The topological polar surface area (TPSA) is 56.7 Å². The maximum atomic E-state index is 13.3. The van der Waals surface area contributed by atoms with Gasteiger partial charge in [-0.05, 0) is 36.1 Å². The second-order valence-corrected chi connectivity index (χ2v) is 6.65. The highest BCUT2D eigenvalue weighted by molar-refractivity contribution is 7.98. The van der Waals surface area contributed by atoms with Gasteiger partial charge in [-0.15, -0.1) is 22.0 Å². The standard InChI is InChI=1S/C16H15FN4S2/c1-22-14-7-5-11(6-8-14)10-23-16-20-19-15(21(16)18)12-3-2-4-13(17)9-12/h2-9H,10,18H2,1H3. The van der Waals surface area contributed by atoms with E-state index in [2.05, 4.69) is 40.7 Å². The monoisotopic (exact) mass is 346 g/mol. The molecule has 23 heavy (non-hydrogen) atoms. The minimum atomic E-state index is -0.325. The first kappa shape index (κ1) is 15.9. The molecule has 0 bridgehead atoms. The molecule has 4 nitrogen and oxygen atoms in total. The molecular weight excluding hydrogens is 331 g/mol. The molecule has 0 amide bonds. The maximum absolute atomic E-state index is 13.3. The molecule has 7 heteroatoms. The van der Waals surface area contributed by atoms with Crippen molar-refractivity contribution >= 4 is 23.5 Å². The third kappa shape index (κ3) is 3.68. The predicted molar refractivity (Wildman–Crippen MR) is 93.4 cm³/mol. The van der Waals surface area contributed by atoms with Crippen molar-refractivity contribution in [2.75, 3.05) is 12.1 Å². The van der Waals surface area contributed by atoms with Gasteiger partial charge >= 0.3 is 0 Å². The lowest BCUT2D eigenvalue weighted by Crippen LogP contribution is -2.11. The van der Waals surface area contributed by atoms with E-state index in [9.17, 15) is 4.39 Å². The van der Waals surface area contributed by atoms with E-state index in [0.29, 0.717) is 16.5 Å². The summed E-state index contributed by atoms with van der Waals surface area (Å²) in [5.41, 5.74) is 1.79. The average Bonchev–Trinajstić information content (AvgIpc) is 2.94. The Balaban J connectivity index is 1.74. The molecule has 0 unspecified atom stereocenters. The lowest BCUT2D eigenvalue weighted by atomic mass is 10.2. The van der Waals surface area contributed by atoms with Crippen LogP contribution >= 0.6 is 23.5 Å². The van der Waals surface area contributed by atoms with Gasteiger partial charge in [-0.2, -0.15) is 0 Å². The fourth-order valence-corrected chi connectivity index (χ4v) is 3.29. The number of nitrogen functional groups attached to an aromatic ring is 1. The summed E-state index contributed by atoms with van der Waals surface area (Å²) in [7, 11) is 0. The lowest BCUT2D eigenvalue weighted by molar-refractivity contribution is 0.628. The number of nitrogens with zero attached hydrogens (tertiary/aromatic N) is 3. The molecule has 0 radical (unpaired) electrons. The second kappa shape index (κ2) is 7.06. The largest absolute Gasteiger partial charge is 0.335 e. The van der Waals surface area contributed by atoms with Crippen LogP contribution in [0.4, 0.5) is 4.39 Å². The normalized spacial score (nSPS) is 10.9. The highest BCUT2D eigenvalue weighted by atomic mass is 32.2. The van der Waals surface area contributed by atoms with Gasteiger partial charge in [0.2, 0.25) is 5.16 Å². The first-order valence-electron chi connectivity index (χ1n) is 6.89. The maximum Gasteiger partial charge on any atom is 0.210 e. The first-order valence-corrected chi connectivity index (χ1v) is 9.10. The number of nitrogens with two attached hydrogens (primary N) is 1. The van der Waals surface area contributed by atoms with Gasteiger partial charge in [0, 0.05) is 16.2 Å². The highest BCUT2D eigenvalue weighted by Gasteiger charge is 2.12. The minimum absolute atomic E-state index is 0.325. The number of hydrogen-bond donors (Lipinski definition) is 1. The molecule has 118 valence electrons. The van der Waals surface area contributed by atoms with Gasteiger partial charge in [-0.25, -0.2) is 9.07 Å². The first-order chi connectivity index (χ1) is 11.2. The molecule has 0 spiro atoms. The van der Waals surface area contributed by atoms with Crippen molar-refractivity contribution in [1.29, 1.82) is 0 Å². The van der Waals surface area contributed by atoms with Gasteiger partial charge in [-0.3, -0.25) is 0 Å². The molecule has 2 aromatic carbocycles. The van der Waals surface area contributed by atoms with Crippen LogP contribution in [0.3, 0.4) is 0 Å². The number of benzene rings is 2. The average molecular weight is 346 g/mol. The van der Waals surface area contributed by atoms with E-state index < -0.39 is 0 Å². The predicted octanol–water partition coefficient (Wildman–Crippen LogP) is 3.81. The van der Waals surface area contributed by atoms with E-state index in [1.165, 1.54) is 39.0 Å².